The van der Waals surface area contributed by atoms with Crippen molar-refractivity contribution in [3.8, 4) is 0 Å². The van der Waals surface area contributed by atoms with E-state index in [1.807, 2.05) is 12.1 Å². The molecule has 1 fully saturated rings. The number of carbonyl (C=O) groups is 1. The molecular weight excluding hydrogens is 294 g/mol. The summed E-state index contributed by atoms with van der Waals surface area (Å²) in [5.41, 5.74) is 8.03. The minimum absolute atomic E-state index is 0.0330. The highest BCUT2D eigenvalue weighted by Gasteiger charge is 2.23. The van der Waals surface area contributed by atoms with Crippen molar-refractivity contribution in [1.29, 1.82) is 0 Å². The predicted octanol–water partition coefficient (Wildman–Crippen LogP) is 4.03. The van der Waals surface area contributed by atoms with Crippen LogP contribution in [0.3, 0.4) is 0 Å². The van der Waals surface area contributed by atoms with E-state index in [2.05, 4.69) is 19.1 Å². The smallest absolute Gasteiger partial charge is 0.319 e. The molecule has 1 aliphatic rings. The van der Waals surface area contributed by atoms with Crippen LogP contribution >= 0.6 is 11.8 Å². The maximum atomic E-state index is 12.3. The number of carbonyl (C=O) groups excluding carboxylic acids is 1. The van der Waals surface area contributed by atoms with Crippen molar-refractivity contribution in [2.45, 2.75) is 69.1 Å². The van der Waals surface area contributed by atoms with Gasteiger partial charge in [-0.15, -0.1) is 11.8 Å². The van der Waals surface area contributed by atoms with Gasteiger partial charge in [0.15, 0.2) is 0 Å². The van der Waals surface area contributed by atoms with E-state index in [-0.39, 0.29) is 17.3 Å². The molecule has 1 aromatic rings. The fourth-order valence-electron chi connectivity index (χ4n) is 2.82. The van der Waals surface area contributed by atoms with E-state index in [1.165, 1.54) is 24.8 Å². The van der Waals surface area contributed by atoms with Gasteiger partial charge in [0, 0.05) is 12.3 Å². The Kier molecular flexibility index (Phi) is 7.26. The molecule has 22 heavy (non-hydrogen) atoms. The molecule has 0 amide bonds. The summed E-state index contributed by atoms with van der Waals surface area (Å²) >= 11 is 1.68. The minimum Gasteiger partial charge on any atom is -0.462 e. The molecule has 1 saturated carbocycles. The summed E-state index contributed by atoms with van der Waals surface area (Å²) in [5.74, 6) is 0.793. The lowest BCUT2D eigenvalue weighted by atomic mass is 9.98. The number of hydrogen-bond acceptors (Lipinski definition) is 4. The third-order valence-electron chi connectivity index (χ3n) is 4.15. The third-order valence-corrected chi connectivity index (χ3v) is 5.58. The molecule has 3 nitrogen and oxygen atoms in total. The lowest BCUT2D eigenvalue weighted by molar-refractivity contribution is -0.149. The van der Waals surface area contributed by atoms with Gasteiger partial charge in [0.05, 0.1) is 0 Å². The van der Waals surface area contributed by atoms with Crippen molar-refractivity contribution in [3.05, 3.63) is 35.4 Å². The molecule has 2 rings (SSSR count). The first-order chi connectivity index (χ1) is 10.7. The van der Waals surface area contributed by atoms with Crippen LogP contribution in [-0.2, 0) is 21.8 Å². The van der Waals surface area contributed by atoms with E-state index in [0.717, 1.165) is 30.6 Å². The Hall–Kier alpha value is -1.00. The molecule has 0 spiro atoms. The predicted molar refractivity (Wildman–Crippen MR) is 92.7 cm³/mol. The van der Waals surface area contributed by atoms with Crippen LogP contribution in [0, 0.1) is 0 Å². The van der Waals surface area contributed by atoms with Gasteiger partial charge in [-0.05, 0) is 43.2 Å². The third kappa shape index (κ3) is 5.33. The number of esters is 1. The summed E-state index contributed by atoms with van der Waals surface area (Å²) in [6, 6.07) is 8.26. The van der Waals surface area contributed by atoms with E-state index in [4.69, 9.17) is 10.5 Å². The van der Waals surface area contributed by atoms with Gasteiger partial charge in [-0.2, -0.15) is 0 Å². The van der Waals surface area contributed by atoms with Crippen molar-refractivity contribution < 1.29 is 9.53 Å². The van der Waals surface area contributed by atoms with Gasteiger partial charge in [0.1, 0.15) is 11.4 Å². The Balaban J connectivity index is 1.83. The Bertz CT molecular complexity index is 472. The molecule has 4 heteroatoms. The maximum Gasteiger partial charge on any atom is 0.319 e. The molecule has 0 aliphatic heterocycles. The molecule has 0 saturated heterocycles. The lowest BCUT2D eigenvalue weighted by Crippen LogP contribution is -2.27. The van der Waals surface area contributed by atoms with Crippen molar-refractivity contribution in [3.63, 3.8) is 0 Å². The van der Waals surface area contributed by atoms with Gasteiger partial charge in [0.25, 0.3) is 0 Å². The molecule has 0 radical (unpaired) electrons. The van der Waals surface area contributed by atoms with E-state index >= 15 is 0 Å². The Morgan fingerprint density at radius 3 is 2.73 bits per heavy atom. The van der Waals surface area contributed by atoms with E-state index < -0.39 is 0 Å². The quantitative estimate of drug-likeness (QED) is 0.770. The fraction of sp³-hybridized carbons (Fsp3) is 0.611. The number of ether oxygens (including phenoxy) is 1. The van der Waals surface area contributed by atoms with Crippen LogP contribution in [-0.4, -0.2) is 17.3 Å². The van der Waals surface area contributed by atoms with Gasteiger partial charge in [-0.1, -0.05) is 37.6 Å². The summed E-state index contributed by atoms with van der Waals surface area (Å²) in [6.07, 6.45) is 6.68. The Morgan fingerprint density at radius 1 is 1.32 bits per heavy atom. The fourth-order valence-corrected chi connectivity index (χ4v) is 3.82. The summed E-state index contributed by atoms with van der Waals surface area (Å²) in [5, 5.41) is -0.0662. The van der Waals surface area contributed by atoms with Crippen LogP contribution < -0.4 is 5.73 Å². The number of rotatable bonds is 7. The number of benzene rings is 1. The normalized spacial score (nSPS) is 17.2. The first-order valence-corrected chi connectivity index (χ1v) is 9.37. The first kappa shape index (κ1) is 17.4. The first-order valence-electron chi connectivity index (χ1n) is 8.33. The van der Waals surface area contributed by atoms with Gasteiger partial charge in [0.2, 0.25) is 0 Å². The standard InChI is InChI=1S/C18H27NO2S/c1-2-17(18(20)21-16-9-4-3-5-10-16)22-13-15-8-6-7-14(11-15)12-19/h6-8,11,16-17H,2-5,9-10,12-13,19H2,1H3. The molecule has 1 aromatic carbocycles. The van der Waals surface area contributed by atoms with Crippen LogP contribution in [0.1, 0.15) is 56.6 Å². The van der Waals surface area contributed by atoms with Crippen LogP contribution in [0.15, 0.2) is 24.3 Å². The van der Waals surface area contributed by atoms with E-state index in [1.54, 1.807) is 11.8 Å². The average molecular weight is 321 g/mol. The van der Waals surface area contributed by atoms with Gasteiger partial charge >= 0.3 is 5.97 Å². The molecule has 0 aromatic heterocycles. The molecule has 122 valence electrons. The van der Waals surface area contributed by atoms with Crippen LogP contribution in [0.2, 0.25) is 0 Å². The largest absolute Gasteiger partial charge is 0.462 e. The molecule has 1 atom stereocenters. The molecular formula is C18H27NO2S. The second-order valence-corrected chi connectivity index (χ2v) is 7.12. The van der Waals surface area contributed by atoms with E-state index in [9.17, 15) is 4.79 Å². The summed E-state index contributed by atoms with van der Waals surface area (Å²) < 4.78 is 5.70. The second kappa shape index (κ2) is 9.21. The highest BCUT2D eigenvalue weighted by atomic mass is 32.2. The van der Waals surface area contributed by atoms with Crippen molar-refractivity contribution in [2.24, 2.45) is 5.73 Å². The molecule has 0 heterocycles. The number of hydrogen-bond donors (Lipinski definition) is 1. The SMILES string of the molecule is CCC(SCc1cccc(CN)c1)C(=O)OC1CCCCC1. The number of thioether (sulfide) groups is 1. The highest BCUT2D eigenvalue weighted by molar-refractivity contribution is 7.99. The average Bonchev–Trinajstić information content (AvgIpc) is 2.56. The molecule has 0 bridgehead atoms. The lowest BCUT2D eigenvalue weighted by Gasteiger charge is -2.24. The zero-order valence-electron chi connectivity index (χ0n) is 13.4. The Morgan fingerprint density at radius 2 is 2.05 bits per heavy atom. The maximum absolute atomic E-state index is 12.3. The van der Waals surface area contributed by atoms with Gasteiger partial charge in [-0.25, -0.2) is 0 Å². The molecule has 1 aliphatic carbocycles. The monoisotopic (exact) mass is 321 g/mol. The zero-order chi connectivity index (χ0) is 15.8. The molecule has 1 unspecified atom stereocenters. The second-order valence-electron chi connectivity index (χ2n) is 5.93. The van der Waals surface area contributed by atoms with Crippen LogP contribution in [0.4, 0.5) is 0 Å². The van der Waals surface area contributed by atoms with Crippen LogP contribution in [0.25, 0.3) is 0 Å². The van der Waals surface area contributed by atoms with Gasteiger partial charge < -0.3 is 10.5 Å². The highest BCUT2D eigenvalue weighted by Crippen LogP contribution is 2.25. The Labute approximate surface area is 138 Å². The zero-order valence-corrected chi connectivity index (χ0v) is 14.2. The molecule has 2 N–H and O–H groups in total. The number of nitrogens with two attached hydrogens (primary N) is 1. The van der Waals surface area contributed by atoms with Crippen molar-refractivity contribution >= 4 is 17.7 Å². The minimum atomic E-state index is -0.0662. The summed E-state index contributed by atoms with van der Waals surface area (Å²) in [4.78, 5) is 12.3. The topological polar surface area (TPSA) is 52.3 Å². The van der Waals surface area contributed by atoms with Crippen LogP contribution in [0.5, 0.6) is 0 Å². The van der Waals surface area contributed by atoms with Gasteiger partial charge in [-0.3, -0.25) is 4.79 Å². The summed E-state index contributed by atoms with van der Waals surface area (Å²) in [7, 11) is 0. The van der Waals surface area contributed by atoms with Crippen molar-refractivity contribution in [2.75, 3.05) is 0 Å². The van der Waals surface area contributed by atoms with Crippen molar-refractivity contribution in [1.82, 2.24) is 0 Å². The summed E-state index contributed by atoms with van der Waals surface area (Å²) in [6.45, 7) is 2.61. The van der Waals surface area contributed by atoms with E-state index in [0.29, 0.717) is 6.54 Å².